The third-order valence-corrected chi connectivity index (χ3v) is 12.2. The summed E-state index contributed by atoms with van der Waals surface area (Å²) in [6.45, 7) is 4.72. The Kier molecular flexibility index (Phi) is 14.3. The number of hydrogen-bond donors (Lipinski definition) is 3. The molecule has 0 aromatic heterocycles. The molecule has 0 spiro atoms. The molecule has 4 aromatic rings. The number of oxime groups is 1. The SMILES string of the molecule is C=CCO[C@@]12Oc3ccc(O)cc3[C@H]3[C@H](CCCCO)[C@@H](CCCCO)C=C(C(=NOCc4ccccc4)C[C@@H]1N(Cc1cccc4ccccc14)C(=O)OCCCl)[C@H]32. The molecule has 1 amide bonds. The van der Waals surface area contributed by atoms with Gasteiger partial charge in [-0.1, -0.05) is 103 Å². The minimum absolute atomic E-state index is 0.00339. The second-order valence-electron chi connectivity index (χ2n) is 15.6. The smallest absolute Gasteiger partial charge is 0.410 e. The number of unbranched alkanes of at least 4 members (excludes halogenated alkanes) is 2. The first-order chi connectivity index (χ1) is 28.9. The van der Waals surface area contributed by atoms with Crippen LogP contribution in [-0.2, 0) is 27.5 Å². The number of aliphatic hydroxyl groups is 2. The van der Waals surface area contributed by atoms with Crippen molar-refractivity contribution in [3.05, 3.63) is 132 Å². The molecular weight excluding hydrogens is 768 g/mol. The highest BCUT2D eigenvalue weighted by Gasteiger charge is 2.65. The van der Waals surface area contributed by atoms with E-state index in [0.717, 1.165) is 58.7 Å². The molecular formula is C48H55ClN2O8. The van der Waals surface area contributed by atoms with Crippen LogP contribution in [0.2, 0.25) is 0 Å². The van der Waals surface area contributed by atoms with Gasteiger partial charge in [-0.15, -0.1) is 18.2 Å². The Balaban J connectivity index is 1.45. The number of aliphatic hydroxyl groups excluding tert-OH is 2. The van der Waals surface area contributed by atoms with Gasteiger partial charge in [0.1, 0.15) is 30.8 Å². The number of carbonyl (C=O) groups excluding carboxylic acids is 1. The minimum atomic E-state index is -1.48. The summed E-state index contributed by atoms with van der Waals surface area (Å²) in [6.07, 6.45) is 8.11. The number of alkyl halides is 1. The maximum Gasteiger partial charge on any atom is 0.410 e. The van der Waals surface area contributed by atoms with Crippen molar-refractivity contribution in [3.8, 4) is 11.5 Å². The minimum Gasteiger partial charge on any atom is -0.508 e. The monoisotopic (exact) mass is 822 g/mol. The van der Waals surface area contributed by atoms with Gasteiger partial charge in [-0.2, -0.15) is 0 Å². The topological polar surface area (TPSA) is 130 Å². The number of benzene rings is 4. The number of carbonyl (C=O) groups is 1. The molecule has 0 bridgehead atoms. The third kappa shape index (κ3) is 9.16. The van der Waals surface area contributed by atoms with E-state index < -0.39 is 23.8 Å². The van der Waals surface area contributed by atoms with E-state index in [0.29, 0.717) is 24.3 Å². The van der Waals surface area contributed by atoms with Crippen molar-refractivity contribution in [1.82, 2.24) is 4.90 Å². The van der Waals surface area contributed by atoms with Crippen molar-refractivity contribution in [3.63, 3.8) is 0 Å². The van der Waals surface area contributed by atoms with E-state index in [2.05, 4.69) is 12.7 Å². The summed E-state index contributed by atoms with van der Waals surface area (Å²) < 4.78 is 20.2. The molecule has 0 saturated heterocycles. The van der Waals surface area contributed by atoms with Crippen molar-refractivity contribution in [2.24, 2.45) is 22.9 Å². The zero-order chi connectivity index (χ0) is 41.2. The Hall–Kier alpha value is -4.87. The number of aromatic hydroxyl groups is 1. The summed E-state index contributed by atoms with van der Waals surface area (Å²) in [6, 6.07) is 28.4. The maximum atomic E-state index is 14.7. The fourth-order valence-corrected chi connectivity index (χ4v) is 9.62. The quantitative estimate of drug-likeness (QED) is 0.0370. The van der Waals surface area contributed by atoms with Crippen molar-refractivity contribution >= 4 is 34.2 Å². The molecule has 10 nitrogen and oxygen atoms in total. The van der Waals surface area contributed by atoms with Crippen LogP contribution in [0.4, 0.5) is 4.79 Å². The zero-order valence-electron chi connectivity index (χ0n) is 33.5. The molecule has 3 aliphatic rings. The molecule has 11 heteroatoms. The highest BCUT2D eigenvalue weighted by Crippen LogP contribution is 2.62. The van der Waals surface area contributed by atoms with Crippen molar-refractivity contribution in [2.75, 3.05) is 32.3 Å². The lowest BCUT2D eigenvalue weighted by Gasteiger charge is -2.59. The largest absolute Gasteiger partial charge is 0.508 e. The average Bonchev–Trinajstić information content (AvgIpc) is 3.26. The van der Waals surface area contributed by atoms with E-state index in [9.17, 15) is 20.1 Å². The second-order valence-corrected chi connectivity index (χ2v) is 16.0. The third-order valence-electron chi connectivity index (χ3n) is 12.0. The molecule has 4 aromatic carbocycles. The maximum absolute atomic E-state index is 14.7. The van der Waals surface area contributed by atoms with E-state index in [-0.39, 0.29) is 75.4 Å². The number of nitrogens with zero attached hydrogens (tertiary/aromatic N) is 2. The first-order valence-corrected chi connectivity index (χ1v) is 21.3. The number of phenols is 1. The zero-order valence-corrected chi connectivity index (χ0v) is 34.2. The summed E-state index contributed by atoms with van der Waals surface area (Å²) in [5, 5.41) is 37.7. The van der Waals surface area contributed by atoms with E-state index in [1.165, 1.54) is 0 Å². The van der Waals surface area contributed by atoms with Crippen LogP contribution in [-0.4, -0.2) is 76.2 Å². The molecule has 2 aliphatic carbocycles. The van der Waals surface area contributed by atoms with Gasteiger partial charge < -0.3 is 34.4 Å². The van der Waals surface area contributed by atoms with Crippen molar-refractivity contribution in [2.45, 2.75) is 75.8 Å². The van der Waals surface area contributed by atoms with E-state index in [4.69, 9.17) is 35.8 Å². The van der Waals surface area contributed by atoms with E-state index in [1.807, 2.05) is 72.8 Å². The van der Waals surface area contributed by atoms with Gasteiger partial charge in [0.2, 0.25) is 5.79 Å². The fraction of sp³-hybridized carbons (Fsp3) is 0.417. The van der Waals surface area contributed by atoms with Crippen LogP contribution in [0.25, 0.3) is 10.8 Å². The normalized spacial score (nSPS) is 23.7. The number of halogens is 1. The van der Waals surface area contributed by atoms with Crippen LogP contribution < -0.4 is 4.74 Å². The summed E-state index contributed by atoms with van der Waals surface area (Å²) in [5.41, 5.74) is 4.29. The van der Waals surface area contributed by atoms with E-state index in [1.54, 1.807) is 29.2 Å². The molecule has 1 heterocycles. The van der Waals surface area contributed by atoms with Crippen molar-refractivity contribution < 1.29 is 39.2 Å². The van der Waals surface area contributed by atoms with Crippen LogP contribution in [0.3, 0.4) is 0 Å². The second kappa shape index (κ2) is 19.9. The number of amides is 1. The average molecular weight is 823 g/mol. The number of hydrogen-bond acceptors (Lipinski definition) is 9. The molecule has 3 N–H and O–H groups in total. The number of fused-ring (bicyclic) bond motifs is 3. The Bertz CT molecular complexity index is 2100. The predicted octanol–water partition coefficient (Wildman–Crippen LogP) is 9.26. The summed E-state index contributed by atoms with van der Waals surface area (Å²) in [5.74, 6) is -1.42. The highest BCUT2D eigenvalue weighted by molar-refractivity contribution is 6.18. The summed E-state index contributed by atoms with van der Waals surface area (Å²) in [4.78, 5) is 22.6. The Morgan fingerprint density at radius 1 is 0.966 bits per heavy atom. The first kappa shape index (κ1) is 42.3. The lowest BCUT2D eigenvalue weighted by molar-refractivity contribution is -0.256. The highest BCUT2D eigenvalue weighted by atomic mass is 35.5. The molecule has 0 radical (unpaired) electrons. The van der Waals surface area contributed by atoms with Gasteiger partial charge in [0, 0.05) is 31.1 Å². The van der Waals surface area contributed by atoms with Gasteiger partial charge >= 0.3 is 6.09 Å². The van der Waals surface area contributed by atoms with Crippen LogP contribution in [0.15, 0.2) is 120 Å². The molecule has 0 unspecified atom stereocenters. The van der Waals surface area contributed by atoms with Crippen LogP contribution in [0.5, 0.6) is 11.5 Å². The van der Waals surface area contributed by atoms with Gasteiger partial charge in [-0.3, -0.25) is 4.90 Å². The van der Waals surface area contributed by atoms with Crippen LogP contribution in [0, 0.1) is 17.8 Å². The molecule has 1 fully saturated rings. The number of phenolic OH excluding ortho intramolecular Hbond substituents is 1. The summed E-state index contributed by atoms with van der Waals surface area (Å²) >= 11 is 6.12. The molecule has 59 heavy (non-hydrogen) atoms. The fourth-order valence-electron chi connectivity index (χ4n) is 9.54. The Labute approximate surface area is 351 Å². The Morgan fingerprint density at radius 3 is 2.51 bits per heavy atom. The van der Waals surface area contributed by atoms with Gasteiger partial charge in [0.25, 0.3) is 0 Å². The number of rotatable bonds is 19. The summed E-state index contributed by atoms with van der Waals surface area (Å²) in [7, 11) is 0. The van der Waals surface area contributed by atoms with Gasteiger partial charge in [0.05, 0.1) is 30.7 Å². The van der Waals surface area contributed by atoms with Crippen LogP contribution >= 0.6 is 11.6 Å². The molecule has 6 atom stereocenters. The Morgan fingerprint density at radius 2 is 1.73 bits per heavy atom. The lowest BCUT2D eigenvalue weighted by atomic mass is 9.55. The predicted molar refractivity (Wildman–Crippen MR) is 229 cm³/mol. The first-order valence-electron chi connectivity index (χ1n) is 20.8. The molecule has 312 valence electrons. The van der Waals surface area contributed by atoms with E-state index >= 15 is 0 Å². The standard InChI is InChI=1S/C48H55ClN2O8/c1-2-26-57-48-44(51(47(55)56-27-23-49)31-36-18-12-17-34-15-6-7-19-38(34)36)30-42(50-58-32-33-13-4-3-5-14-33)40-28-35(16-8-10-24-52)39(20-9-11-25-53)45(46(40)48)41-29-37(54)21-22-43(41)59-48/h2-7,12-15,17-19,21-22,28-29,35,39,44-46,52-54H,1,8-11,16,20,23-27,30-32H2/t35-,39+,44-,45+,46+,48+/m0/s1. The van der Waals surface area contributed by atoms with Crippen molar-refractivity contribution in [1.29, 1.82) is 0 Å². The number of allylic oxidation sites excluding steroid dienone is 1. The van der Waals surface area contributed by atoms with Gasteiger partial charge in [-0.05, 0) is 83.2 Å². The number of ether oxygens (including phenoxy) is 3. The molecule has 7 rings (SSSR count). The molecule has 1 aliphatic heterocycles. The van der Waals surface area contributed by atoms with Gasteiger partial charge in [-0.25, -0.2) is 4.79 Å². The lowest BCUT2D eigenvalue weighted by Crippen LogP contribution is -2.70. The van der Waals surface area contributed by atoms with Gasteiger partial charge in [0.15, 0.2) is 0 Å². The molecule has 1 saturated carbocycles. The van der Waals surface area contributed by atoms with Crippen LogP contribution in [0.1, 0.15) is 67.6 Å².